The summed E-state index contributed by atoms with van der Waals surface area (Å²) >= 11 is 0. The first-order chi connectivity index (χ1) is 14.9. The van der Waals surface area contributed by atoms with Crippen molar-refractivity contribution in [2.45, 2.75) is 12.5 Å². The van der Waals surface area contributed by atoms with Crippen LogP contribution >= 0.6 is 0 Å². The summed E-state index contributed by atoms with van der Waals surface area (Å²) in [7, 11) is 6.95. The van der Waals surface area contributed by atoms with Gasteiger partial charge in [-0.3, -0.25) is 14.6 Å². The SMILES string of the molecule is COc1ccc(OC)c([C@@H]2C(=C(O)c3ccncc3)C(=O)C(=O)N2CCCN(C)C)c1. The van der Waals surface area contributed by atoms with E-state index in [1.807, 2.05) is 19.0 Å². The van der Waals surface area contributed by atoms with Gasteiger partial charge in [0.2, 0.25) is 0 Å². The van der Waals surface area contributed by atoms with Crippen molar-refractivity contribution in [3.05, 3.63) is 59.4 Å². The predicted octanol–water partition coefficient (Wildman–Crippen LogP) is 2.47. The summed E-state index contributed by atoms with van der Waals surface area (Å²) in [5.74, 6) is -0.575. The van der Waals surface area contributed by atoms with E-state index in [2.05, 4.69) is 4.98 Å². The molecule has 0 saturated carbocycles. The minimum Gasteiger partial charge on any atom is -0.507 e. The first kappa shape index (κ1) is 22.3. The lowest BCUT2D eigenvalue weighted by Crippen LogP contribution is -2.32. The number of carbonyl (C=O) groups is 2. The summed E-state index contributed by atoms with van der Waals surface area (Å²) in [5.41, 5.74) is 1.00. The number of hydrogen-bond donors (Lipinski definition) is 1. The molecule has 1 aromatic carbocycles. The standard InChI is InChI=1S/C23H27N3O5/c1-25(2)12-5-13-26-20(17-14-16(30-3)6-7-18(17)31-4)19(22(28)23(26)29)21(27)15-8-10-24-11-9-15/h6-11,14,20,27H,5,12-13H2,1-4H3/t20-/m1/s1. The second kappa shape index (κ2) is 9.61. The fourth-order valence-electron chi connectivity index (χ4n) is 3.71. The molecule has 1 amide bonds. The van der Waals surface area contributed by atoms with E-state index in [1.165, 1.54) is 31.5 Å². The van der Waals surface area contributed by atoms with E-state index < -0.39 is 17.7 Å². The Labute approximate surface area is 181 Å². The molecule has 8 nitrogen and oxygen atoms in total. The molecule has 31 heavy (non-hydrogen) atoms. The number of methoxy groups -OCH3 is 2. The van der Waals surface area contributed by atoms with E-state index in [4.69, 9.17) is 9.47 Å². The van der Waals surface area contributed by atoms with Crippen molar-refractivity contribution in [1.82, 2.24) is 14.8 Å². The third kappa shape index (κ3) is 4.54. The van der Waals surface area contributed by atoms with Crippen LogP contribution in [0.25, 0.3) is 5.76 Å². The van der Waals surface area contributed by atoms with Crippen LogP contribution < -0.4 is 9.47 Å². The number of ether oxygens (including phenoxy) is 2. The zero-order valence-electron chi connectivity index (χ0n) is 18.2. The first-order valence-electron chi connectivity index (χ1n) is 9.94. The first-order valence-corrected chi connectivity index (χ1v) is 9.94. The predicted molar refractivity (Wildman–Crippen MR) is 116 cm³/mol. The molecule has 1 aromatic heterocycles. The number of hydrogen-bond acceptors (Lipinski definition) is 7. The average molecular weight is 425 g/mol. The normalized spacial score (nSPS) is 18.0. The Hall–Kier alpha value is -3.39. The van der Waals surface area contributed by atoms with E-state index >= 15 is 0 Å². The summed E-state index contributed by atoms with van der Waals surface area (Å²) in [6.45, 7) is 1.09. The third-order valence-electron chi connectivity index (χ3n) is 5.23. The maximum atomic E-state index is 13.1. The van der Waals surface area contributed by atoms with Gasteiger partial charge in [-0.25, -0.2) is 0 Å². The zero-order chi connectivity index (χ0) is 22.5. The van der Waals surface area contributed by atoms with E-state index in [0.717, 1.165) is 6.54 Å². The Kier molecular flexibility index (Phi) is 6.91. The van der Waals surface area contributed by atoms with Gasteiger partial charge >= 0.3 is 0 Å². The van der Waals surface area contributed by atoms with Crippen molar-refractivity contribution in [2.75, 3.05) is 41.4 Å². The molecule has 0 aliphatic carbocycles. The van der Waals surface area contributed by atoms with Crippen molar-refractivity contribution in [3.8, 4) is 11.5 Å². The topological polar surface area (TPSA) is 92.2 Å². The van der Waals surface area contributed by atoms with Crippen molar-refractivity contribution < 1.29 is 24.2 Å². The van der Waals surface area contributed by atoms with Gasteiger partial charge < -0.3 is 24.4 Å². The molecule has 1 saturated heterocycles. The highest BCUT2D eigenvalue weighted by Crippen LogP contribution is 2.43. The lowest BCUT2D eigenvalue weighted by molar-refractivity contribution is -0.140. The highest BCUT2D eigenvalue weighted by molar-refractivity contribution is 6.46. The summed E-state index contributed by atoms with van der Waals surface area (Å²) in [6.07, 6.45) is 3.70. The van der Waals surface area contributed by atoms with Gasteiger partial charge in [-0.05, 0) is 57.4 Å². The number of pyridine rings is 1. The number of aliphatic hydroxyl groups is 1. The Balaban J connectivity index is 2.18. The van der Waals surface area contributed by atoms with Gasteiger partial charge in [-0.15, -0.1) is 0 Å². The van der Waals surface area contributed by atoms with Gasteiger partial charge in [-0.2, -0.15) is 0 Å². The van der Waals surface area contributed by atoms with E-state index in [-0.39, 0.29) is 11.3 Å². The summed E-state index contributed by atoms with van der Waals surface area (Å²) < 4.78 is 10.9. The number of Topliss-reactive ketones (excluding diaryl/α,β-unsaturated/α-hetero) is 1. The van der Waals surface area contributed by atoms with E-state index in [0.29, 0.717) is 35.6 Å². The molecule has 1 N–H and O–H groups in total. The van der Waals surface area contributed by atoms with Gasteiger partial charge in [0.05, 0.1) is 25.8 Å². The Morgan fingerprint density at radius 3 is 2.45 bits per heavy atom. The van der Waals surface area contributed by atoms with Gasteiger partial charge in [-0.1, -0.05) is 0 Å². The molecular formula is C23H27N3O5. The average Bonchev–Trinajstić information content (AvgIpc) is 3.03. The molecule has 2 heterocycles. The van der Waals surface area contributed by atoms with Crippen molar-refractivity contribution >= 4 is 17.4 Å². The van der Waals surface area contributed by atoms with Gasteiger partial charge in [0.25, 0.3) is 11.7 Å². The largest absolute Gasteiger partial charge is 0.507 e. The number of rotatable bonds is 8. The lowest BCUT2D eigenvalue weighted by Gasteiger charge is -2.27. The fourth-order valence-corrected chi connectivity index (χ4v) is 3.71. The van der Waals surface area contributed by atoms with Crippen LogP contribution in [-0.2, 0) is 9.59 Å². The molecular weight excluding hydrogens is 398 g/mol. The van der Waals surface area contributed by atoms with Crippen LogP contribution in [0.3, 0.4) is 0 Å². The zero-order valence-corrected chi connectivity index (χ0v) is 18.2. The molecule has 0 radical (unpaired) electrons. The number of carbonyl (C=O) groups excluding carboxylic acids is 2. The fraction of sp³-hybridized carbons (Fsp3) is 0.348. The molecule has 0 spiro atoms. The quantitative estimate of drug-likeness (QED) is 0.395. The molecule has 2 aromatic rings. The van der Waals surface area contributed by atoms with Gasteiger partial charge in [0, 0.05) is 30.1 Å². The number of aromatic nitrogens is 1. The van der Waals surface area contributed by atoms with Crippen LogP contribution in [0.4, 0.5) is 0 Å². The van der Waals surface area contributed by atoms with E-state index in [9.17, 15) is 14.7 Å². The minimum absolute atomic E-state index is 0.0209. The maximum Gasteiger partial charge on any atom is 0.295 e. The summed E-state index contributed by atoms with van der Waals surface area (Å²) in [5, 5.41) is 11.0. The van der Waals surface area contributed by atoms with Crippen LogP contribution in [-0.4, -0.2) is 73.0 Å². The highest BCUT2D eigenvalue weighted by atomic mass is 16.5. The van der Waals surface area contributed by atoms with Crippen molar-refractivity contribution in [2.24, 2.45) is 0 Å². The highest BCUT2D eigenvalue weighted by Gasteiger charge is 2.47. The summed E-state index contributed by atoms with van der Waals surface area (Å²) in [4.78, 5) is 33.5. The molecule has 1 aliphatic rings. The number of amides is 1. The molecule has 0 bridgehead atoms. The Morgan fingerprint density at radius 1 is 1.13 bits per heavy atom. The van der Waals surface area contributed by atoms with Crippen LogP contribution in [0.2, 0.25) is 0 Å². The maximum absolute atomic E-state index is 13.1. The Morgan fingerprint density at radius 2 is 1.84 bits per heavy atom. The molecule has 1 aliphatic heterocycles. The van der Waals surface area contributed by atoms with Gasteiger partial charge in [0.15, 0.2) is 0 Å². The summed E-state index contributed by atoms with van der Waals surface area (Å²) in [6, 6.07) is 7.57. The van der Waals surface area contributed by atoms with Crippen LogP contribution in [0.5, 0.6) is 11.5 Å². The second-order valence-corrected chi connectivity index (χ2v) is 7.49. The molecule has 1 fully saturated rings. The number of nitrogens with zero attached hydrogens (tertiary/aromatic N) is 3. The van der Waals surface area contributed by atoms with Crippen LogP contribution in [0.15, 0.2) is 48.3 Å². The second-order valence-electron chi connectivity index (χ2n) is 7.49. The van der Waals surface area contributed by atoms with E-state index in [1.54, 1.807) is 30.3 Å². The monoisotopic (exact) mass is 425 g/mol. The van der Waals surface area contributed by atoms with Crippen LogP contribution in [0, 0.1) is 0 Å². The molecule has 1 atom stereocenters. The molecule has 0 unspecified atom stereocenters. The number of likely N-dealkylation sites (tertiary alicyclic amines) is 1. The number of aliphatic hydroxyl groups excluding tert-OH is 1. The third-order valence-corrected chi connectivity index (χ3v) is 5.23. The van der Waals surface area contributed by atoms with Crippen molar-refractivity contribution in [3.63, 3.8) is 0 Å². The van der Waals surface area contributed by atoms with Crippen LogP contribution in [0.1, 0.15) is 23.6 Å². The smallest absolute Gasteiger partial charge is 0.295 e. The Bertz CT molecular complexity index is 988. The molecule has 3 rings (SSSR count). The minimum atomic E-state index is -0.805. The number of benzene rings is 1. The molecule has 164 valence electrons. The number of ketones is 1. The lowest BCUT2D eigenvalue weighted by atomic mass is 9.94. The van der Waals surface area contributed by atoms with Crippen molar-refractivity contribution in [1.29, 1.82) is 0 Å². The van der Waals surface area contributed by atoms with Gasteiger partial charge in [0.1, 0.15) is 17.3 Å². The molecule has 8 heteroatoms.